The Morgan fingerprint density at radius 1 is 1.24 bits per heavy atom. The monoisotopic (exact) mass is 237 g/mol. The molecule has 0 fully saturated rings. The third-order valence-electron chi connectivity index (χ3n) is 3.51. The van der Waals surface area contributed by atoms with Crippen molar-refractivity contribution in [3.05, 3.63) is 17.5 Å². The summed E-state index contributed by atoms with van der Waals surface area (Å²) in [6.07, 6.45) is 2.08. The molecule has 0 spiro atoms. The predicted molar refractivity (Wildman–Crippen MR) is 73.4 cm³/mol. The summed E-state index contributed by atoms with van der Waals surface area (Å²) in [5.41, 5.74) is 2.57. The van der Waals surface area contributed by atoms with E-state index in [4.69, 9.17) is 5.10 Å². The van der Waals surface area contributed by atoms with Crippen LogP contribution in [0.25, 0.3) is 0 Å². The molecule has 98 valence electrons. The van der Waals surface area contributed by atoms with Crippen LogP contribution in [-0.2, 0) is 12.8 Å². The van der Waals surface area contributed by atoms with E-state index in [0.717, 1.165) is 25.9 Å². The molecular weight excluding hydrogens is 210 g/mol. The first kappa shape index (κ1) is 14.2. The van der Waals surface area contributed by atoms with Gasteiger partial charge in [0.25, 0.3) is 0 Å². The molecule has 0 saturated carbocycles. The molecule has 0 aliphatic carbocycles. The minimum absolute atomic E-state index is 0.462. The molecule has 0 amide bonds. The number of hydrogen-bond acceptors (Lipinski definition) is 2. The lowest BCUT2D eigenvalue weighted by Crippen LogP contribution is -2.27. The normalized spacial score (nSPS) is 14.9. The second-order valence-corrected chi connectivity index (χ2v) is 4.80. The van der Waals surface area contributed by atoms with Crippen molar-refractivity contribution in [2.24, 2.45) is 5.92 Å². The summed E-state index contributed by atoms with van der Waals surface area (Å²) >= 11 is 0. The largest absolute Gasteiger partial charge is 0.317 e. The van der Waals surface area contributed by atoms with Crippen molar-refractivity contribution in [3.63, 3.8) is 0 Å². The van der Waals surface area contributed by atoms with E-state index in [0.29, 0.717) is 12.0 Å². The van der Waals surface area contributed by atoms with Crippen LogP contribution in [-0.4, -0.2) is 22.9 Å². The van der Waals surface area contributed by atoms with Gasteiger partial charge in [0.15, 0.2) is 0 Å². The third kappa shape index (κ3) is 3.56. The van der Waals surface area contributed by atoms with Gasteiger partial charge < -0.3 is 5.32 Å². The van der Waals surface area contributed by atoms with Gasteiger partial charge in [-0.2, -0.15) is 5.10 Å². The van der Waals surface area contributed by atoms with Gasteiger partial charge in [-0.1, -0.05) is 27.7 Å². The molecule has 17 heavy (non-hydrogen) atoms. The molecule has 2 unspecified atom stereocenters. The number of nitrogens with one attached hydrogen (secondary N) is 1. The van der Waals surface area contributed by atoms with Gasteiger partial charge in [0.2, 0.25) is 0 Å². The Bertz CT molecular complexity index is 330. The van der Waals surface area contributed by atoms with Gasteiger partial charge in [-0.25, -0.2) is 0 Å². The van der Waals surface area contributed by atoms with E-state index in [1.54, 1.807) is 0 Å². The molecule has 0 bridgehead atoms. The Hall–Kier alpha value is -0.830. The summed E-state index contributed by atoms with van der Waals surface area (Å²) < 4.78 is 2.22. The zero-order chi connectivity index (χ0) is 12.8. The fourth-order valence-electron chi connectivity index (χ4n) is 2.06. The zero-order valence-electron chi connectivity index (χ0n) is 12.0. The summed E-state index contributed by atoms with van der Waals surface area (Å²) in [7, 11) is 0. The smallest absolute Gasteiger partial charge is 0.0624 e. The molecule has 0 aliphatic rings. The molecule has 1 heterocycles. The fraction of sp³-hybridized carbons (Fsp3) is 0.786. The van der Waals surface area contributed by atoms with Gasteiger partial charge in [0, 0.05) is 5.69 Å². The van der Waals surface area contributed by atoms with Crippen LogP contribution >= 0.6 is 0 Å². The molecule has 3 heteroatoms. The van der Waals surface area contributed by atoms with Crippen LogP contribution in [0.4, 0.5) is 0 Å². The molecule has 0 aliphatic heterocycles. The van der Waals surface area contributed by atoms with Crippen LogP contribution in [0.5, 0.6) is 0 Å². The van der Waals surface area contributed by atoms with Crippen molar-refractivity contribution in [3.8, 4) is 0 Å². The molecule has 1 N–H and O–H groups in total. The molecule has 1 rings (SSSR count). The maximum Gasteiger partial charge on any atom is 0.0624 e. The van der Waals surface area contributed by atoms with E-state index in [1.807, 2.05) is 0 Å². The summed E-state index contributed by atoms with van der Waals surface area (Å²) in [6, 6.07) is 2.71. The van der Waals surface area contributed by atoms with E-state index in [1.165, 1.54) is 11.4 Å². The number of rotatable bonds is 7. The lowest BCUT2D eigenvalue weighted by Gasteiger charge is -2.22. The van der Waals surface area contributed by atoms with Gasteiger partial charge in [0.05, 0.1) is 11.7 Å². The summed E-state index contributed by atoms with van der Waals surface area (Å²) in [4.78, 5) is 0. The number of aryl methyl sites for hydroxylation is 2. The van der Waals surface area contributed by atoms with Crippen molar-refractivity contribution in [2.45, 2.75) is 53.5 Å². The minimum Gasteiger partial charge on any atom is -0.317 e. The Kier molecular flexibility index (Phi) is 5.69. The molecule has 0 radical (unpaired) electrons. The Labute approximate surface area is 106 Å². The molecule has 0 saturated heterocycles. The van der Waals surface area contributed by atoms with Crippen LogP contribution in [0, 0.1) is 5.92 Å². The standard InChI is InChI=1S/C14H27N3/c1-6-13-9-14(7-2)17(16-13)12(5)11(4)10-15-8-3/h9,11-12,15H,6-8,10H2,1-5H3. The van der Waals surface area contributed by atoms with Gasteiger partial charge in [-0.05, 0) is 44.8 Å². The Morgan fingerprint density at radius 2 is 1.94 bits per heavy atom. The highest BCUT2D eigenvalue weighted by Gasteiger charge is 2.17. The quantitative estimate of drug-likeness (QED) is 0.790. The Balaban J connectivity index is 2.78. The topological polar surface area (TPSA) is 29.9 Å². The molecule has 1 aromatic heterocycles. The number of aromatic nitrogens is 2. The van der Waals surface area contributed by atoms with Crippen LogP contribution < -0.4 is 5.32 Å². The highest BCUT2D eigenvalue weighted by atomic mass is 15.3. The van der Waals surface area contributed by atoms with Crippen LogP contribution in [0.1, 0.15) is 52.0 Å². The van der Waals surface area contributed by atoms with Gasteiger partial charge in [0.1, 0.15) is 0 Å². The summed E-state index contributed by atoms with van der Waals surface area (Å²) in [5.74, 6) is 0.602. The van der Waals surface area contributed by atoms with Crippen molar-refractivity contribution in [2.75, 3.05) is 13.1 Å². The second-order valence-electron chi connectivity index (χ2n) is 4.80. The maximum atomic E-state index is 4.72. The van der Waals surface area contributed by atoms with Crippen molar-refractivity contribution < 1.29 is 0 Å². The van der Waals surface area contributed by atoms with Crippen molar-refractivity contribution in [1.82, 2.24) is 15.1 Å². The van der Waals surface area contributed by atoms with E-state index < -0.39 is 0 Å². The fourth-order valence-corrected chi connectivity index (χ4v) is 2.06. The molecule has 1 aromatic rings. The first-order valence-corrected chi connectivity index (χ1v) is 6.91. The van der Waals surface area contributed by atoms with Crippen LogP contribution in [0.3, 0.4) is 0 Å². The van der Waals surface area contributed by atoms with Gasteiger partial charge in [-0.3, -0.25) is 4.68 Å². The molecule has 2 atom stereocenters. The zero-order valence-corrected chi connectivity index (χ0v) is 12.0. The van der Waals surface area contributed by atoms with E-state index in [-0.39, 0.29) is 0 Å². The first-order chi connectivity index (χ1) is 8.13. The lowest BCUT2D eigenvalue weighted by atomic mass is 10.0. The molecule has 0 aromatic carbocycles. The van der Waals surface area contributed by atoms with Gasteiger partial charge >= 0.3 is 0 Å². The Morgan fingerprint density at radius 3 is 2.47 bits per heavy atom. The molecule has 3 nitrogen and oxygen atoms in total. The summed E-state index contributed by atoms with van der Waals surface area (Å²) in [5, 5.41) is 8.13. The minimum atomic E-state index is 0.462. The van der Waals surface area contributed by atoms with Crippen molar-refractivity contribution in [1.29, 1.82) is 0 Å². The molecular formula is C14H27N3. The number of nitrogens with zero attached hydrogens (tertiary/aromatic N) is 2. The number of hydrogen-bond donors (Lipinski definition) is 1. The van der Waals surface area contributed by atoms with Gasteiger partial charge in [-0.15, -0.1) is 0 Å². The third-order valence-corrected chi connectivity index (χ3v) is 3.51. The highest BCUT2D eigenvalue weighted by molar-refractivity contribution is 5.11. The first-order valence-electron chi connectivity index (χ1n) is 6.91. The highest BCUT2D eigenvalue weighted by Crippen LogP contribution is 2.20. The summed E-state index contributed by atoms with van der Waals surface area (Å²) in [6.45, 7) is 13.2. The lowest BCUT2D eigenvalue weighted by molar-refractivity contribution is 0.331. The van der Waals surface area contributed by atoms with E-state index >= 15 is 0 Å². The van der Waals surface area contributed by atoms with Crippen molar-refractivity contribution >= 4 is 0 Å². The predicted octanol–water partition coefficient (Wildman–Crippen LogP) is 2.81. The van der Waals surface area contributed by atoms with Crippen LogP contribution in [0.2, 0.25) is 0 Å². The van der Waals surface area contributed by atoms with Crippen LogP contribution in [0.15, 0.2) is 6.07 Å². The van der Waals surface area contributed by atoms with E-state index in [2.05, 4.69) is 50.7 Å². The van der Waals surface area contributed by atoms with E-state index in [9.17, 15) is 0 Å². The SMILES string of the molecule is CCNCC(C)C(C)n1nc(CC)cc1CC. The second kappa shape index (κ2) is 6.80. The average molecular weight is 237 g/mol. The average Bonchev–Trinajstić information content (AvgIpc) is 2.78. The maximum absolute atomic E-state index is 4.72.